The van der Waals surface area contributed by atoms with Crippen molar-refractivity contribution in [3.05, 3.63) is 11.6 Å². The highest BCUT2D eigenvalue weighted by Crippen LogP contribution is 2.67. The average Bonchev–Trinajstić information content (AvgIpc) is 3.46. The van der Waals surface area contributed by atoms with Crippen molar-refractivity contribution in [1.82, 2.24) is 0 Å². The Bertz CT molecular complexity index is 996. The van der Waals surface area contributed by atoms with Crippen LogP contribution in [0.25, 0.3) is 0 Å². The smallest absolute Gasteiger partial charge is 0.306 e. The van der Waals surface area contributed by atoms with Gasteiger partial charge < -0.3 is 4.74 Å². The van der Waals surface area contributed by atoms with Crippen molar-refractivity contribution in [2.45, 2.75) is 247 Å². The summed E-state index contributed by atoms with van der Waals surface area (Å²) in [4.78, 5) is 12.9. The minimum absolute atomic E-state index is 0.0674. The second-order valence-corrected chi connectivity index (χ2v) is 19.8. The molecule has 0 saturated heterocycles. The number of hydrogen-bond acceptors (Lipinski definition) is 2. The maximum atomic E-state index is 12.9. The van der Waals surface area contributed by atoms with Crippen molar-refractivity contribution in [3.8, 4) is 0 Å². The molecule has 0 aromatic heterocycles. The zero-order chi connectivity index (χ0) is 36.5. The van der Waals surface area contributed by atoms with Crippen LogP contribution in [0.3, 0.4) is 0 Å². The third-order valence-corrected chi connectivity index (χ3v) is 15.5. The summed E-state index contributed by atoms with van der Waals surface area (Å²) < 4.78 is 6.15. The largest absolute Gasteiger partial charge is 0.462 e. The first-order chi connectivity index (χ1) is 24.7. The quantitative estimate of drug-likeness (QED) is 0.0508. The highest BCUT2D eigenvalue weighted by Gasteiger charge is 2.59. The molecule has 0 radical (unpaired) electrons. The molecule has 0 spiro atoms. The second-order valence-electron chi connectivity index (χ2n) is 19.8. The Hall–Kier alpha value is -0.790. The molecule has 3 fully saturated rings. The van der Waals surface area contributed by atoms with Gasteiger partial charge >= 0.3 is 5.97 Å². The lowest BCUT2D eigenvalue weighted by Crippen LogP contribution is -2.51. The fourth-order valence-electron chi connectivity index (χ4n) is 12.3. The number of rotatable bonds is 26. The number of ether oxygens (including phenoxy) is 1. The molecule has 0 aromatic rings. The third kappa shape index (κ3) is 12.9. The van der Waals surface area contributed by atoms with Crippen molar-refractivity contribution in [2.75, 3.05) is 0 Å². The predicted octanol–water partition coefficient (Wildman–Crippen LogP) is 15.8. The van der Waals surface area contributed by atoms with E-state index < -0.39 is 0 Å². The third-order valence-electron chi connectivity index (χ3n) is 15.5. The van der Waals surface area contributed by atoms with Crippen LogP contribution in [0.15, 0.2) is 11.6 Å². The lowest BCUT2D eigenvalue weighted by molar-refractivity contribution is -0.151. The van der Waals surface area contributed by atoms with Crippen LogP contribution in [0.2, 0.25) is 0 Å². The number of esters is 1. The van der Waals surface area contributed by atoms with Crippen LogP contribution in [0, 0.1) is 46.3 Å². The number of unbranched alkanes of at least 4 members (excludes halogenated alkanes) is 18. The molecule has 0 aliphatic heterocycles. The van der Waals surface area contributed by atoms with Crippen LogP contribution in [-0.4, -0.2) is 12.1 Å². The molecule has 2 nitrogen and oxygen atoms in total. The van der Waals surface area contributed by atoms with Crippen LogP contribution < -0.4 is 0 Å². The lowest BCUT2D eigenvalue weighted by atomic mass is 9.47. The predicted molar refractivity (Wildman–Crippen MR) is 221 cm³/mol. The molecular weight excluding hydrogens is 621 g/mol. The van der Waals surface area contributed by atoms with Crippen LogP contribution in [0.4, 0.5) is 0 Å². The first-order valence-electron chi connectivity index (χ1n) is 23.6. The number of carbonyl (C=O) groups is 1. The number of fused-ring (bicyclic) bond motifs is 5. The first kappa shape index (κ1) is 42.9. The Labute approximate surface area is 319 Å². The minimum atomic E-state index is 0.0674. The van der Waals surface area contributed by atoms with E-state index in [2.05, 4.69) is 47.6 Å². The molecule has 0 bridgehead atoms. The van der Waals surface area contributed by atoms with Gasteiger partial charge in [0.15, 0.2) is 0 Å². The molecular formula is C49H88O2. The zero-order valence-corrected chi connectivity index (χ0v) is 35.4. The van der Waals surface area contributed by atoms with Crippen molar-refractivity contribution < 1.29 is 9.53 Å². The van der Waals surface area contributed by atoms with E-state index in [0.29, 0.717) is 17.3 Å². The molecule has 8 atom stereocenters. The van der Waals surface area contributed by atoms with Gasteiger partial charge in [-0.1, -0.05) is 188 Å². The monoisotopic (exact) mass is 709 g/mol. The van der Waals surface area contributed by atoms with E-state index in [9.17, 15) is 4.79 Å². The number of carbonyl (C=O) groups excluding carboxylic acids is 1. The van der Waals surface area contributed by atoms with Gasteiger partial charge in [-0.25, -0.2) is 0 Å². The molecule has 4 aliphatic carbocycles. The molecule has 0 aromatic carbocycles. The molecule has 296 valence electrons. The van der Waals surface area contributed by atoms with E-state index >= 15 is 0 Å². The van der Waals surface area contributed by atoms with Crippen molar-refractivity contribution >= 4 is 5.97 Å². The summed E-state index contributed by atoms with van der Waals surface area (Å²) in [6, 6.07) is 0. The second kappa shape index (κ2) is 22.6. The van der Waals surface area contributed by atoms with Gasteiger partial charge in [-0.15, -0.1) is 0 Å². The Morgan fingerprint density at radius 3 is 1.82 bits per heavy atom. The van der Waals surface area contributed by atoms with Crippen LogP contribution in [0.1, 0.15) is 241 Å². The number of allylic oxidation sites excluding steroid dienone is 1. The van der Waals surface area contributed by atoms with E-state index in [1.165, 1.54) is 173 Å². The summed E-state index contributed by atoms with van der Waals surface area (Å²) in [6.07, 6.45) is 44.3. The van der Waals surface area contributed by atoms with E-state index in [1.807, 2.05) is 0 Å². The van der Waals surface area contributed by atoms with Crippen LogP contribution in [0.5, 0.6) is 0 Å². The van der Waals surface area contributed by atoms with Gasteiger partial charge in [-0.2, -0.15) is 0 Å². The molecule has 0 heterocycles. The molecule has 2 heteroatoms. The Morgan fingerprint density at radius 1 is 0.686 bits per heavy atom. The Morgan fingerprint density at radius 2 is 1.25 bits per heavy atom. The summed E-state index contributed by atoms with van der Waals surface area (Å²) in [5, 5.41) is 0. The molecule has 0 N–H and O–H groups in total. The van der Waals surface area contributed by atoms with Gasteiger partial charge in [-0.3, -0.25) is 4.79 Å². The Balaban J connectivity index is 1.03. The van der Waals surface area contributed by atoms with Gasteiger partial charge in [0.25, 0.3) is 0 Å². The normalized spacial score (nSPS) is 30.8. The molecule has 51 heavy (non-hydrogen) atoms. The molecule has 0 unspecified atom stereocenters. The van der Waals surface area contributed by atoms with E-state index in [4.69, 9.17) is 4.74 Å². The fourth-order valence-corrected chi connectivity index (χ4v) is 12.3. The topological polar surface area (TPSA) is 26.3 Å². The van der Waals surface area contributed by atoms with E-state index in [1.54, 1.807) is 5.57 Å². The Kier molecular flexibility index (Phi) is 19.0. The van der Waals surface area contributed by atoms with Gasteiger partial charge in [0.2, 0.25) is 0 Å². The highest BCUT2D eigenvalue weighted by molar-refractivity contribution is 5.69. The van der Waals surface area contributed by atoms with E-state index in [0.717, 1.165) is 54.8 Å². The lowest BCUT2D eigenvalue weighted by Gasteiger charge is -2.58. The average molecular weight is 709 g/mol. The van der Waals surface area contributed by atoms with Gasteiger partial charge in [0.1, 0.15) is 6.10 Å². The van der Waals surface area contributed by atoms with Crippen molar-refractivity contribution in [3.63, 3.8) is 0 Å². The van der Waals surface area contributed by atoms with Gasteiger partial charge in [0, 0.05) is 12.8 Å². The fraction of sp³-hybridized carbons (Fsp3) is 0.939. The standard InChI is InChI=1S/C49H88O2/c1-7-8-9-10-11-12-13-14-15-16-17-18-19-20-21-22-23-24-25-29-47(50)51-42-34-36-48(5)41(38-42)30-31-43-45-33-32-44(40(4)28-26-27-39(2)3)49(45,6)37-35-46(43)48/h30,39-40,42-46H,7-29,31-38H2,1-6H3/t40-,42-,43+,44-,45-,46+,48+,49-/m1/s1. The van der Waals surface area contributed by atoms with Gasteiger partial charge in [0.05, 0.1) is 0 Å². The molecule has 3 saturated carbocycles. The van der Waals surface area contributed by atoms with E-state index in [-0.39, 0.29) is 12.1 Å². The minimum Gasteiger partial charge on any atom is -0.462 e. The maximum absolute atomic E-state index is 12.9. The van der Waals surface area contributed by atoms with Gasteiger partial charge in [-0.05, 0) is 97.7 Å². The summed E-state index contributed by atoms with van der Waals surface area (Å²) in [5.41, 5.74) is 2.54. The molecule has 4 aliphatic rings. The number of hydrogen-bond donors (Lipinski definition) is 0. The summed E-state index contributed by atoms with van der Waals surface area (Å²) in [5.74, 6) is 5.34. The highest BCUT2D eigenvalue weighted by atomic mass is 16.5. The zero-order valence-electron chi connectivity index (χ0n) is 35.4. The first-order valence-corrected chi connectivity index (χ1v) is 23.6. The van der Waals surface area contributed by atoms with Crippen molar-refractivity contribution in [2.24, 2.45) is 46.3 Å². The molecule has 4 rings (SSSR count). The summed E-state index contributed by atoms with van der Waals surface area (Å²) >= 11 is 0. The van der Waals surface area contributed by atoms with Crippen LogP contribution >= 0.6 is 0 Å². The summed E-state index contributed by atoms with van der Waals surface area (Å²) in [6.45, 7) is 15.0. The summed E-state index contributed by atoms with van der Waals surface area (Å²) in [7, 11) is 0. The van der Waals surface area contributed by atoms with Crippen molar-refractivity contribution in [1.29, 1.82) is 0 Å². The van der Waals surface area contributed by atoms with Crippen LogP contribution in [-0.2, 0) is 9.53 Å². The SMILES string of the molecule is CCCCCCCCCCCCCCCCCCCCCC(=O)O[C@@H]1CC[C@@]2(C)C(=CC[C@H]3[C@H]4CC[C@H]([C@H](C)CCCC(C)C)[C@@]4(C)CC[C@@H]32)C1. The maximum Gasteiger partial charge on any atom is 0.306 e. The molecule has 0 amide bonds.